The van der Waals surface area contributed by atoms with Crippen molar-refractivity contribution >= 4 is 23.2 Å². The molecule has 0 spiro atoms. The molecule has 0 saturated heterocycles. The van der Waals surface area contributed by atoms with Crippen molar-refractivity contribution in [2.45, 2.75) is 52.3 Å². The maximum Gasteiger partial charge on any atom is 0.416 e. The molecular formula is C27H29ClF3N3O. The Hall–Kier alpha value is -3.06. The van der Waals surface area contributed by atoms with Gasteiger partial charge in [0, 0.05) is 29.0 Å². The summed E-state index contributed by atoms with van der Waals surface area (Å²) >= 11 is 6.15. The maximum absolute atomic E-state index is 13.6. The summed E-state index contributed by atoms with van der Waals surface area (Å²) in [6, 6.07) is 12.1. The van der Waals surface area contributed by atoms with Gasteiger partial charge in [-0.3, -0.25) is 9.78 Å². The van der Waals surface area contributed by atoms with Gasteiger partial charge < -0.3 is 10.6 Å². The first-order valence-corrected chi connectivity index (χ1v) is 11.6. The Morgan fingerprint density at radius 3 is 2.37 bits per heavy atom. The number of anilines is 1. The minimum absolute atomic E-state index is 0.0695. The van der Waals surface area contributed by atoms with Crippen LogP contribution in [0, 0.1) is 6.92 Å². The highest BCUT2D eigenvalue weighted by Gasteiger charge is 2.30. The number of alkyl halides is 3. The summed E-state index contributed by atoms with van der Waals surface area (Å²) in [4.78, 5) is 19.6. The molecule has 4 nitrogen and oxygen atoms in total. The number of nitrogens with two attached hydrogens (primary N) is 1. The highest BCUT2D eigenvalue weighted by Crippen LogP contribution is 2.30. The van der Waals surface area contributed by atoms with Crippen molar-refractivity contribution in [3.05, 3.63) is 93.3 Å². The third-order valence-corrected chi connectivity index (χ3v) is 6.12. The Labute approximate surface area is 208 Å². The smallest absolute Gasteiger partial charge is 0.398 e. The largest absolute Gasteiger partial charge is 0.416 e. The Morgan fingerprint density at radius 1 is 1.06 bits per heavy atom. The quantitative estimate of drug-likeness (QED) is 0.375. The molecule has 8 heteroatoms. The number of carbonyl (C=O) groups excluding carboxylic acids is 1. The van der Waals surface area contributed by atoms with Crippen LogP contribution in [0.5, 0.6) is 0 Å². The normalized spacial score (nSPS) is 12.0. The van der Waals surface area contributed by atoms with E-state index in [9.17, 15) is 18.0 Å². The van der Waals surface area contributed by atoms with Crippen LogP contribution in [0.4, 0.5) is 18.9 Å². The maximum atomic E-state index is 13.6. The van der Waals surface area contributed by atoms with Crippen LogP contribution in [0.15, 0.2) is 54.7 Å². The van der Waals surface area contributed by atoms with E-state index in [0.717, 1.165) is 17.7 Å². The van der Waals surface area contributed by atoms with Gasteiger partial charge >= 0.3 is 6.18 Å². The molecule has 1 aromatic heterocycles. The van der Waals surface area contributed by atoms with Crippen molar-refractivity contribution in [1.82, 2.24) is 9.88 Å². The van der Waals surface area contributed by atoms with E-state index in [-0.39, 0.29) is 30.8 Å². The summed E-state index contributed by atoms with van der Waals surface area (Å²) in [6.07, 6.45) is -2.40. The third kappa shape index (κ3) is 6.75. The first-order valence-electron chi connectivity index (χ1n) is 11.2. The number of aromatic nitrogens is 1. The van der Waals surface area contributed by atoms with Crippen LogP contribution in [-0.4, -0.2) is 22.3 Å². The second-order valence-corrected chi connectivity index (χ2v) is 10.1. The summed E-state index contributed by atoms with van der Waals surface area (Å²) < 4.78 is 39.4. The van der Waals surface area contributed by atoms with Gasteiger partial charge in [-0.15, -0.1) is 0 Å². The molecule has 1 amide bonds. The molecule has 0 bridgehead atoms. The van der Waals surface area contributed by atoms with Crippen LogP contribution in [0.25, 0.3) is 0 Å². The lowest BCUT2D eigenvalue weighted by atomic mass is 9.88. The fraction of sp³-hybridized carbons (Fsp3) is 0.333. The Balaban J connectivity index is 1.90. The third-order valence-electron chi connectivity index (χ3n) is 5.90. The van der Waals surface area contributed by atoms with E-state index >= 15 is 0 Å². The van der Waals surface area contributed by atoms with Gasteiger partial charge in [0.15, 0.2) is 0 Å². The number of hydrogen-bond donors (Lipinski definition) is 1. The number of nitrogen functional groups attached to an aromatic ring is 1. The molecule has 1 heterocycles. The summed E-state index contributed by atoms with van der Waals surface area (Å²) in [7, 11) is 0. The Kier molecular flexibility index (Phi) is 7.80. The number of carbonyl (C=O) groups is 1. The zero-order valence-corrected chi connectivity index (χ0v) is 21.0. The van der Waals surface area contributed by atoms with E-state index < -0.39 is 11.7 Å². The Morgan fingerprint density at radius 2 is 1.77 bits per heavy atom. The van der Waals surface area contributed by atoms with E-state index in [4.69, 9.17) is 17.3 Å². The highest BCUT2D eigenvalue weighted by molar-refractivity contribution is 6.31. The van der Waals surface area contributed by atoms with Crippen molar-refractivity contribution < 1.29 is 18.0 Å². The lowest BCUT2D eigenvalue weighted by molar-refractivity contribution is -0.137. The topological polar surface area (TPSA) is 59.2 Å². The van der Waals surface area contributed by atoms with Crippen LogP contribution >= 0.6 is 11.6 Å². The van der Waals surface area contributed by atoms with E-state index in [1.54, 1.807) is 36.2 Å². The van der Waals surface area contributed by atoms with Gasteiger partial charge in [0.1, 0.15) is 0 Å². The van der Waals surface area contributed by atoms with Gasteiger partial charge in [-0.05, 0) is 59.7 Å². The first kappa shape index (κ1) is 26.5. The van der Waals surface area contributed by atoms with Crippen LogP contribution in [0.2, 0.25) is 5.02 Å². The number of rotatable bonds is 6. The van der Waals surface area contributed by atoms with Crippen LogP contribution in [0.3, 0.4) is 0 Å². The van der Waals surface area contributed by atoms with Crippen molar-refractivity contribution in [2.75, 3.05) is 12.3 Å². The lowest BCUT2D eigenvalue weighted by Gasteiger charge is -2.25. The molecule has 35 heavy (non-hydrogen) atoms. The predicted molar refractivity (Wildman–Crippen MR) is 133 cm³/mol. The number of amides is 1. The standard InChI is InChI=1S/C27H29ClF3N3O/c1-17-23(13-21(28)14-24(17)32)25(35)34(16-22-9-8-20(15-33-22)26(2,3)4)11-10-18-6-5-7-19(12-18)27(29,30)31/h5-9,12-15H,10-11,16,32H2,1-4H3. The predicted octanol–water partition coefficient (Wildman–Crippen LogP) is 6.83. The van der Waals surface area contributed by atoms with Crippen LogP contribution in [-0.2, 0) is 24.6 Å². The molecule has 0 atom stereocenters. The van der Waals surface area contributed by atoms with Gasteiger partial charge in [-0.1, -0.05) is 56.6 Å². The van der Waals surface area contributed by atoms with Gasteiger partial charge in [0.2, 0.25) is 0 Å². The molecule has 2 aromatic carbocycles. The zero-order valence-electron chi connectivity index (χ0n) is 20.2. The summed E-state index contributed by atoms with van der Waals surface area (Å²) in [5.74, 6) is -0.314. The van der Waals surface area contributed by atoms with Gasteiger partial charge in [-0.2, -0.15) is 13.2 Å². The molecule has 0 unspecified atom stereocenters. The highest BCUT2D eigenvalue weighted by atomic mass is 35.5. The summed E-state index contributed by atoms with van der Waals surface area (Å²) in [6.45, 7) is 8.37. The minimum Gasteiger partial charge on any atom is -0.398 e. The average Bonchev–Trinajstić information content (AvgIpc) is 2.78. The van der Waals surface area contributed by atoms with E-state index in [0.29, 0.717) is 33.1 Å². The van der Waals surface area contributed by atoms with E-state index in [1.165, 1.54) is 6.07 Å². The number of hydrogen-bond acceptors (Lipinski definition) is 3. The number of benzene rings is 2. The molecule has 0 radical (unpaired) electrons. The second-order valence-electron chi connectivity index (χ2n) is 9.63. The first-order chi connectivity index (χ1) is 16.3. The van der Waals surface area contributed by atoms with Crippen LogP contribution in [0.1, 0.15) is 59.1 Å². The molecule has 3 rings (SSSR count). The summed E-state index contributed by atoms with van der Waals surface area (Å²) in [5, 5.41) is 0.335. The van der Waals surface area contributed by atoms with Gasteiger partial charge in [-0.25, -0.2) is 0 Å². The molecule has 0 aliphatic rings. The van der Waals surface area contributed by atoms with E-state index in [1.807, 2.05) is 12.1 Å². The van der Waals surface area contributed by atoms with Gasteiger partial charge in [0.05, 0.1) is 17.8 Å². The second kappa shape index (κ2) is 10.3. The molecular weight excluding hydrogens is 475 g/mol. The molecule has 0 saturated carbocycles. The van der Waals surface area contributed by atoms with E-state index in [2.05, 4.69) is 25.8 Å². The molecule has 0 aliphatic carbocycles. The monoisotopic (exact) mass is 503 g/mol. The van der Waals surface area contributed by atoms with Gasteiger partial charge in [0.25, 0.3) is 5.91 Å². The zero-order chi connectivity index (χ0) is 26.0. The lowest BCUT2D eigenvalue weighted by Crippen LogP contribution is -2.33. The number of pyridine rings is 1. The average molecular weight is 504 g/mol. The van der Waals surface area contributed by atoms with Crippen LogP contribution < -0.4 is 5.73 Å². The molecule has 0 aliphatic heterocycles. The number of nitrogens with zero attached hydrogens (tertiary/aromatic N) is 2. The fourth-order valence-corrected chi connectivity index (χ4v) is 3.90. The number of halogens is 4. The molecule has 2 N–H and O–H groups in total. The summed E-state index contributed by atoms with van der Waals surface area (Å²) in [5.41, 5.74) is 8.78. The Bertz CT molecular complexity index is 1200. The van der Waals surface area contributed by atoms with Crippen molar-refractivity contribution in [3.63, 3.8) is 0 Å². The molecule has 3 aromatic rings. The fourth-order valence-electron chi connectivity index (χ4n) is 3.67. The van der Waals surface area contributed by atoms with Crippen molar-refractivity contribution in [3.8, 4) is 0 Å². The minimum atomic E-state index is -4.43. The van der Waals surface area contributed by atoms with Crippen molar-refractivity contribution in [2.24, 2.45) is 0 Å². The SMILES string of the molecule is Cc1c(N)cc(Cl)cc1C(=O)N(CCc1cccc(C(F)(F)F)c1)Cc1ccc(C(C)(C)C)cn1. The van der Waals surface area contributed by atoms with Crippen molar-refractivity contribution in [1.29, 1.82) is 0 Å². The molecule has 186 valence electrons. The molecule has 0 fully saturated rings.